The zero-order valence-corrected chi connectivity index (χ0v) is 12.8. The highest BCUT2D eigenvalue weighted by molar-refractivity contribution is 5.82. The molecule has 0 aliphatic rings. The van der Waals surface area contributed by atoms with Crippen molar-refractivity contribution < 1.29 is 0 Å². The van der Waals surface area contributed by atoms with Crippen LogP contribution >= 0.6 is 0 Å². The van der Waals surface area contributed by atoms with Crippen LogP contribution in [0.5, 0.6) is 0 Å². The van der Waals surface area contributed by atoms with E-state index in [2.05, 4.69) is 24.9 Å². The maximum atomic E-state index is 6.32. The summed E-state index contributed by atoms with van der Waals surface area (Å²) in [6, 6.07) is 9.75. The van der Waals surface area contributed by atoms with Gasteiger partial charge in [-0.3, -0.25) is 4.99 Å². The molecule has 1 rings (SSSR count). The maximum Gasteiger partial charge on any atom is 0.0629 e. The van der Waals surface area contributed by atoms with Gasteiger partial charge in [-0.15, -0.1) is 0 Å². The second-order valence-electron chi connectivity index (χ2n) is 4.92. The second kappa shape index (κ2) is 7.29. The van der Waals surface area contributed by atoms with E-state index in [9.17, 15) is 0 Å². The summed E-state index contributed by atoms with van der Waals surface area (Å²) in [5.74, 6) is 0. The topological polar surface area (TPSA) is 64.4 Å². The zero-order chi connectivity index (χ0) is 16.0. The molecule has 0 radical (unpaired) electrons. The van der Waals surface area contributed by atoms with Crippen LogP contribution in [-0.2, 0) is 0 Å². The number of benzene rings is 1. The largest absolute Gasteiger partial charge is 0.399 e. The fourth-order valence-electron chi connectivity index (χ4n) is 2.03. The predicted octanol–water partition coefficient (Wildman–Crippen LogP) is 3.42. The summed E-state index contributed by atoms with van der Waals surface area (Å²) in [4.78, 5) is 3.85. The first-order valence-electron chi connectivity index (χ1n) is 6.68. The molecule has 0 bridgehead atoms. The van der Waals surface area contributed by atoms with Gasteiger partial charge >= 0.3 is 0 Å². The molecular weight excluding hydrogens is 258 g/mol. The standard InChI is InChI=1S/C18H23N3/c1-12(11-21-5)13(2)14(3)18(20)17(15(4)19)16-9-7-6-8-10-16/h6-10H,1,4-5,11,19-20H2,2-3H3/b14-13+,18-17-. The molecule has 0 heterocycles. The van der Waals surface area contributed by atoms with Crippen molar-refractivity contribution in [2.45, 2.75) is 13.8 Å². The summed E-state index contributed by atoms with van der Waals surface area (Å²) >= 11 is 0. The van der Waals surface area contributed by atoms with E-state index in [1.54, 1.807) is 0 Å². The molecule has 0 unspecified atom stereocenters. The number of aliphatic imine (C=N–C) groups is 1. The third-order valence-electron chi connectivity index (χ3n) is 3.45. The molecular formula is C18H23N3. The van der Waals surface area contributed by atoms with Crippen LogP contribution in [0.3, 0.4) is 0 Å². The molecule has 0 atom stereocenters. The van der Waals surface area contributed by atoms with Crippen molar-refractivity contribution in [3.05, 3.63) is 77.2 Å². The van der Waals surface area contributed by atoms with E-state index in [4.69, 9.17) is 11.5 Å². The summed E-state index contributed by atoms with van der Waals surface area (Å²) in [6.45, 7) is 15.7. The van der Waals surface area contributed by atoms with Crippen LogP contribution in [0.4, 0.5) is 0 Å². The second-order valence-corrected chi connectivity index (χ2v) is 4.92. The lowest BCUT2D eigenvalue weighted by Gasteiger charge is -2.16. The molecule has 0 aliphatic carbocycles. The fourth-order valence-corrected chi connectivity index (χ4v) is 2.03. The molecule has 0 fully saturated rings. The maximum absolute atomic E-state index is 6.32. The summed E-state index contributed by atoms with van der Waals surface area (Å²) in [5.41, 5.74) is 17.8. The molecule has 1 aromatic rings. The van der Waals surface area contributed by atoms with Crippen molar-refractivity contribution in [1.82, 2.24) is 0 Å². The highest BCUT2D eigenvalue weighted by Gasteiger charge is 2.12. The average molecular weight is 281 g/mol. The van der Waals surface area contributed by atoms with E-state index >= 15 is 0 Å². The predicted molar refractivity (Wildman–Crippen MR) is 92.8 cm³/mol. The normalized spacial score (nSPS) is 13.0. The van der Waals surface area contributed by atoms with E-state index in [1.807, 2.05) is 44.2 Å². The van der Waals surface area contributed by atoms with Crippen molar-refractivity contribution in [3.8, 4) is 0 Å². The van der Waals surface area contributed by atoms with Crippen LogP contribution in [0.1, 0.15) is 19.4 Å². The Kier molecular flexibility index (Phi) is 5.73. The van der Waals surface area contributed by atoms with Crippen LogP contribution < -0.4 is 11.5 Å². The molecule has 21 heavy (non-hydrogen) atoms. The first-order chi connectivity index (χ1) is 9.90. The number of allylic oxidation sites excluding steroid dienone is 2. The minimum absolute atomic E-state index is 0.443. The van der Waals surface area contributed by atoms with Gasteiger partial charge in [0.15, 0.2) is 0 Å². The molecule has 1 aromatic carbocycles. The van der Waals surface area contributed by atoms with E-state index in [1.165, 1.54) is 0 Å². The minimum Gasteiger partial charge on any atom is -0.399 e. The molecule has 0 saturated carbocycles. The van der Waals surface area contributed by atoms with Gasteiger partial charge in [-0.1, -0.05) is 43.5 Å². The van der Waals surface area contributed by atoms with Crippen molar-refractivity contribution in [3.63, 3.8) is 0 Å². The van der Waals surface area contributed by atoms with E-state index in [0.717, 1.165) is 27.9 Å². The van der Waals surface area contributed by atoms with E-state index in [-0.39, 0.29) is 0 Å². The fraction of sp³-hybridized carbons (Fsp3) is 0.167. The molecule has 0 aromatic heterocycles. The smallest absolute Gasteiger partial charge is 0.0629 e. The summed E-state index contributed by atoms with van der Waals surface area (Å²) in [6.07, 6.45) is 0. The molecule has 0 aliphatic heterocycles. The molecule has 0 saturated heterocycles. The third-order valence-corrected chi connectivity index (χ3v) is 3.45. The van der Waals surface area contributed by atoms with Gasteiger partial charge in [0.05, 0.1) is 6.54 Å². The van der Waals surface area contributed by atoms with Gasteiger partial charge in [0.25, 0.3) is 0 Å². The van der Waals surface area contributed by atoms with Gasteiger partial charge < -0.3 is 11.5 Å². The van der Waals surface area contributed by atoms with Crippen LogP contribution in [0.25, 0.3) is 5.57 Å². The monoisotopic (exact) mass is 281 g/mol. The van der Waals surface area contributed by atoms with Crippen LogP contribution in [-0.4, -0.2) is 13.3 Å². The highest BCUT2D eigenvalue weighted by Crippen LogP contribution is 2.27. The summed E-state index contributed by atoms with van der Waals surface area (Å²) in [5, 5.41) is 0. The van der Waals surface area contributed by atoms with Gasteiger partial charge in [0, 0.05) is 17.0 Å². The van der Waals surface area contributed by atoms with Crippen LogP contribution in [0.15, 0.2) is 76.6 Å². The number of hydrogen-bond donors (Lipinski definition) is 2. The van der Waals surface area contributed by atoms with Gasteiger partial charge in [-0.2, -0.15) is 0 Å². The van der Waals surface area contributed by atoms with E-state index in [0.29, 0.717) is 17.9 Å². The minimum atomic E-state index is 0.443. The quantitative estimate of drug-likeness (QED) is 0.620. The summed E-state index contributed by atoms with van der Waals surface area (Å²) in [7, 11) is 0. The molecule has 0 amide bonds. The lowest BCUT2D eigenvalue weighted by Crippen LogP contribution is -2.11. The third kappa shape index (κ3) is 3.96. The van der Waals surface area contributed by atoms with Crippen molar-refractivity contribution in [2.75, 3.05) is 6.54 Å². The number of nitrogens with two attached hydrogens (primary N) is 2. The van der Waals surface area contributed by atoms with Gasteiger partial charge in [0.2, 0.25) is 0 Å². The summed E-state index contributed by atoms with van der Waals surface area (Å²) < 4.78 is 0. The first kappa shape index (κ1) is 16.5. The highest BCUT2D eigenvalue weighted by atomic mass is 14.7. The van der Waals surface area contributed by atoms with Gasteiger partial charge in [0.1, 0.15) is 0 Å². The number of hydrogen-bond acceptors (Lipinski definition) is 3. The Hall–Kier alpha value is -2.55. The Labute approximate surface area is 127 Å². The molecule has 3 nitrogen and oxygen atoms in total. The molecule has 4 N–H and O–H groups in total. The Bertz CT molecular complexity index is 619. The van der Waals surface area contributed by atoms with Crippen LogP contribution in [0.2, 0.25) is 0 Å². The molecule has 3 heteroatoms. The Balaban J connectivity index is 3.42. The van der Waals surface area contributed by atoms with Crippen molar-refractivity contribution in [1.29, 1.82) is 0 Å². The average Bonchev–Trinajstić information content (AvgIpc) is 2.46. The zero-order valence-electron chi connectivity index (χ0n) is 12.8. The van der Waals surface area contributed by atoms with E-state index < -0.39 is 0 Å². The number of rotatable bonds is 6. The lowest BCUT2D eigenvalue weighted by atomic mass is 9.94. The first-order valence-corrected chi connectivity index (χ1v) is 6.68. The van der Waals surface area contributed by atoms with Crippen molar-refractivity contribution in [2.24, 2.45) is 16.5 Å². The molecule has 110 valence electrons. The Morgan fingerprint density at radius 2 is 1.62 bits per heavy atom. The van der Waals surface area contributed by atoms with Crippen LogP contribution in [0, 0.1) is 0 Å². The number of nitrogens with zero attached hydrogens (tertiary/aromatic N) is 1. The SMILES string of the molecule is C=NCC(=C)/C(C)=C(C)/C(N)=C(\C(=C)N)c1ccccc1. The molecule has 0 spiro atoms. The lowest BCUT2D eigenvalue weighted by molar-refractivity contribution is 1.12. The van der Waals surface area contributed by atoms with Gasteiger partial charge in [-0.05, 0) is 42.8 Å². The Morgan fingerprint density at radius 3 is 2.10 bits per heavy atom. The van der Waals surface area contributed by atoms with Crippen molar-refractivity contribution >= 4 is 12.3 Å². The van der Waals surface area contributed by atoms with Gasteiger partial charge in [-0.25, -0.2) is 0 Å². The Morgan fingerprint density at radius 1 is 1.05 bits per heavy atom.